The summed E-state index contributed by atoms with van der Waals surface area (Å²) in [5.41, 5.74) is 0.382. The number of sulfonamides is 1. The average Bonchev–Trinajstić information content (AvgIpc) is 2.30. The zero-order chi connectivity index (χ0) is 12.3. The highest BCUT2D eigenvalue weighted by atomic mass is 35.5. The maximum Gasteiger partial charge on any atom is 0.284 e. The molecule has 0 amide bonds. The quantitative estimate of drug-likeness (QED) is 0.857. The van der Waals surface area contributed by atoms with Crippen LogP contribution in [0.3, 0.4) is 0 Å². The Hall–Kier alpha value is -1.52. The molecule has 0 aliphatic carbocycles. The van der Waals surface area contributed by atoms with Crippen LogP contribution >= 0.6 is 11.6 Å². The summed E-state index contributed by atoms with van der Waals surface area (Å²) in [5.74, 6) is 0. The normalized spacial score (nSPS) is 11.1. The average molecular weight is 267 g/mol. The highest BCUT2D eigenvalue weighted by Gasteiger charge is 2.19. The molecule has 3 nitrogen and oxygen atoms in total. The monoisotopic (exact) mass is 266 g/mol. The minimum Gasteiger partial charge on any atom is -0.199 e. The molecule has 2 rings (SSSR count). The van der Waals surface area contributed by atoms with Gasteiger partial charge < -0.3 is 0 Å². The summed E-state index contributed by atoms with van der Waals surface area (Å²) in [4.78, 5) is 0.0190. The Labute approximate surface area is 105 Å². The standard InChI is InChI=1S/C12H9ClNO2S/c13-11-8-4-5-9-12(11)17(15,16)14-10-6-2-1-3-7-10/h1-9H. The van der Waals surface area contributed by atoms with E-state index < -0.39 is 10.0 Å². The maximum absolute atomic E-state index is 12.0. The number of benzene rings is 2. The summed E-state index contributed by atoms with van der Waals surface area (Å²) in [5, 5.41) is 0.173. The lowest BCUT2D eigenvalue weighted by molar-refractivity contribution is 0.590. The second-order valence-electron chi connectivity index (χ2n) is 3.33. The lowest BCUT2D eigenvalue weighted by Gasteiger charge is -2.05. The van der Waals surface area contributed by atoms with E-state index in [2.05, 4.69) is 4.72 Å². The summed E-state index contributed by atoms with van der Waals surface area (Å²) < 4.78 is 27.7. The minimum atomic E-state index is -3.75. The minimum absolute atomic E-state index is 0.0190. The van der Waals surface area contributed by atoms with E-state index in [4.69, 9.17) is 11.6 Å². The Kier molecular flexibility index (Phi) is 3.36. The van der Waals surface area contributed by atoms with Crippen molar-refractivity contribution >= 4 is 27.3 Å². The van der Waals surface area contributed by atoms with Gasteiger partial charge in [-0.25, -0.2) is 0 Å². The fourth-order valence-corrected chi connectivity index (χ4v) is 2.82. The van der Waals surface area contributed by atoms with Crippen LogP contribution < -0.4 is 4.72 Å². The van der Waals surface area contributed by atoms with Crippen molar-refractivity contribution in [1.82, 2.24) is 4.72 Å². The molecule has 2 aromatic rings. The first kappa shape index (κ1) is 12.0. The van der Waals surface area contributed by atoms with Crippen molar-refractivity contribution < 1.29 is 8.42 Å². The van der Waals surface area contributed by atoms with Crippen LogP contribution in [-0.2, 0) is 10.0 Å². The molecule has 0 fully saturated rings. The molecule has 0 heterocycles. The van der Waals surface area contributed by atoms with Crippen molar-refractivity contribution in [3.8, 4) is 0 Å². The number of nitrogens with zero attached hydrogens (tertiary/aromatic N) is 1. The van der Waals surface area contributed by atoms with Crippen molar-refractivity contribution in [2.75, 3.05) is 0 Å². The van der Waals surface area contributed by atoms with Gasteiger partial charge in [0.2, 0.25) is 0 Å². The molecule has 0 N–H and O–H groups in total. The topological polar surface area (TPSA) is 48.2 Å². The molecular weight excluding hydrogens is 258 g/mol. The third kappa shape index (κ3) is 2.78. The van der Waals surface area contributed by atoms with Crippen molar-refractivity contribution in [2.45, 2.75) is 4.90 Å². The molecule has 0 aromatic heterocycles. The van der Waals surface area contributed by atoms with E-state index >= 15 is 0 Å². The van der Waals surface area contributed by atoms with Gasteiger partial charge in [-0.2, -0.15) is 13.1 Å². The van der Waals surface area contributed by atoms with Crippen LogP contribution in [0.4, 0.5) is 5.69 Å². The molecule has 0 bridgehead atoms. The largest absolute Gasteiger partial charge is 0.284 e. The van der Waals surface area contributed by atoms with Crippen molar-refractivity contribution in [3.63, 3.8) is 0 Å². The predicted molar refractivity (Wildman–Crippen MR) is 66.9 cm³/mol. The smallest absolute Gasteiger partial charge is 0.199 e. The van der Waals surface area contributed by atoms with E-state index in [0.29, 0.717) is 5.69 Å². The second-order valence-corrected chi connectivity index (χ2v) is 5.31. The Morgan fingerprint density at radius 1 is 0.882 bits per heavy atom. The molecule has 0 atom stereocenters. The molecule has 0 saturated carbocycles. The van der Waals surface area contributed by atoms with Gasteiger partial charge in [0.05, 0.1) is 10.7 Å². The highest BCUT2D eigenvalue weighted by Crippen LogP contribution is 2.23. The number of hydrogen-bond donors (Lipinski definition) is 0. The van der Waals surface area contributed by atoms with Crippen LogP contribution in [0.5, 0.6) is 0 Å². The Bertz CT molecular complexity index is 611. The molecule has 0 spiro atoms. The predicted octanol–water partition coefficient (Wildman–Crippen LogP) is 2.96. The van der Waals surface area contributed by atoms with Gasteiger partial charge in [0.25, 0.3) is 10.0 Å². The molecule has 87 valence electrons. The summed E-state index contributed by atoms with van der Waals surface area (Å²) in [6.07, 6.45) is 0. The first-order valence-electron chi connectivity index (χ1n) is 4.87. The Balaban J connectivity index is 2.36. The molecular formula is C12H9ClNO2S. The molecule has 17 heavy (non-hydrogen) atoms. The van der Waals surface area contributed by atoms with Crippen molar-refractivity contribution in [1.29, 1.82) is 0 Å². The molecule has 0 saturated heterocycles. The van der Waals surface area contributed by atoms with E-state index in [-0.39, 0.29) is 9.92 Å². The van der Waals surface area contributed by atoms with Gasteiger partial charge in [-0.15, -0.1) is 0 Å². The lowest BCUT2D eigenvalue weighted by atomic mass is 10.3. The van der Waals surface area contributed by atoms with Gasteiger partial charge in [0, 0.05) is 0 Å². The molecule has 5 heteroatoms. The molecule has 2 aromatic carbocycles. The zero-order valence-electron chi connectivity index (χ0n) is 8.75. The van der Waals surface area contributed by atoms with Gasteiger partial charge in [0.15, 0.2) is 0 Å². The van der Waals surface area contributed by atoms with Gasteiger partial charge in [0.1, 0.15) is 4.90 Å². The number of hydrogen-bond acceptors (Lipinski definition) is 2. The van der Waals surface area contributed by atoms with Gasteiger partial charge >= 0.3 is 0 Å². The van der Waals surface area contributed by atoms with Crippen molar-refractivity contribution in [2.24, 2.45) is 0 Å². The Morgan fingerprint density at radius 2 is 1.47 bits per heavy atom. The fraction of sp³-hybridized carbons (Fsp3) is 0. The van der Waals surface area contributed by atoms with Crippen molar-refractivity contribution in [3.05, 3.63) is 59.6 Å². The molecule has 0 aliphatic rings. The summed E-state index contributed by atoms with van der Waals surface area (Å²) >= 11 is 5.84. The van der Waals surface area contributed by atoms with E-state index in [1.54, 1.807) is 42.5 Å². The van der Waals surface area contributed by atoms with Gasteiger partial charge in [-0.3, -0.25) is 0 Å². The molecule has 1 radical (unpaired) electrons. The lowest BCUT2D eigenvalue weighted by Crippen LogP contribution is -2.12. The third-order valence-corrected chi connectivity index (χ3v) is 3.90. The zero-order valence-corrected chi connectivity index (χ0v) is 10.3. The highest BCUT2D eigenvalue weighted by molar-refractivity contribution is 7.89. The van der Waals surface area contributed by atoms with Gasteiger partial charge in [-0.05, 0) is 24.3 Å². The van der Waals surface area contributed by atoms with Crippen LogP contribution in [-0.4, -0.2) is 8.42 Å². The summed E-state index contributed by atoms with van der Waals surface area (Å²) in [6.45, 7) is 0. The maximum atomic E-state index is 12.0. The van der Waals surface area contributed by atoms with Crippen LogP contribution in [0.25, 0.3) is 0 Å². The summed E-state index contributed by atoms with van der Waals surface area (Å²) in [6, 6.07) is 14.7. The Morgan fingerprint density at radius 3 is 2.12 bits per heavy atom. The summed E-state index contributed by atoms with van der Waals surface area (Å²) in [7, 11) is -3.75. The second kappa shape index (κ2) is 4.77. The number of halogens is 1. The van der Waals surface area contributed by atoms with Crippen LogP contribution in [0, 0.1) is 0 Å². The number of rotatable bonds is 3. The first-order chi connectivity index (χ1) is 8.09. The van der Waals surface area contributed by atoms with Crippen LogP contribution in [0.1, 0.15) is 0 Å². The van der Waals surface area contributed by atoms with Crippen LogP contribution in [0.15, 0.2) is 59.5 Å². The van der Waals surface area contributed by atoms with E-state index in [0.717, 1.165) is 0 Å². The van der Waals surface area contributed by atoms with Gasteiger partial charge in [-0.1, -0.05) is 41.9 Å². The first-order valence-corrected chi connectivity index (χ1v) is 6.69. The van der Waals surface area contributed by atoms with Crippen LogP contribution in [0.2, 0.25) is 5.02 Å². The SMILES string of the molecule is O=S(=O)([N]c1ccccc1)c1ccccc1Cl. The molecule has 0 aliphatic heterocycles. The third-order valence-electron chi connectivity index (χ3n) is 2.10. The fourth-order valence-electron chi connectivity index (χ4n) is 1.33. The molecule has 0 unspecified atom stereocenters. The van der Waals surface area contributed by atoms with E-state index in [1.165, 1.54) is 12.1 Å². The van der Waals surface area contributed by atoms with E-state index in [9.17, 15) is 8.42 Å². The van der Waals surface area contributed by atoms with E-state index in [1.807, 2.05) is 0 Å².